The van der Waals surface area contributed by atoms with Gasteiger partial charge in [-0.15, -0.1) is 0 Å². The highest BCUT2D eigenvalue weighted by Gasteiger charge is 1.92. The van der Waals surface area contributed by atoms with E-state index in [9.17, 15) is 0 Å². The fraction of sp³-hybridized carbons (Fsp3) is 0.105. The van der Waals surface area contributed by atoms with Gasteiger partial charge in [0.05, 0.1) is 6.26 Å². The summed E-state index contributed by atoms with van der Waals surface area (Å²) in [4.78, 5) is 8.35. The minimum absolute atomic E-state index is 0.00694. The number of isocyanates is 1. The van der Waals surface area contributed by atoms with Gasteiger partial charge in [-0.2, -0.15) is 0 Å². The van der Waals surface area contributed by atoms with Gasteiger partial charge in [0, 0.05) is 0 Å². The minimum Gasteiger partial charge on any atom is -0.467 e. The van der Waals surface area contributed by atoms with Crippen LogP contribution < -0.4 is 0 Å². The summed E-state index contributed by atoms with van der Waals surface area (Å²) >= 11 is 0. The molecule has 1 aromatic heterocycles. The maximum Gasteiger partial charge on any atom is 0.231 e. The monoisotopic (exact) mass is 309 g/mol. The number of aliphatic hydroxyl groups excluding tert-OH is 1. The molecular weight excluding hydrogens is 290 g/mol. The van der Waals surface area contributed by atoms with E-state index in [1.807, 2.05) is 0 Å². The Hall–Kier alpha value is -2.94. The highest BCUT2D eigenvalue weighted by molar-refractivity contribution is 5.26. The third kappa shape index (κ3) is 8.17. The van der Waals surface area contributed by atoms with Crippen molar-refractivity contribution in [1.29, 1.82) is 5.41 Å². The number of nitrogens with one attached hydrogen (secondary N) is 1. The highest BCUT2D eigenvalue weighted by Crippen LogP contribution is 2.07. The molecule has 0 bridgehead atoms. The van der Waals surface area contributed by atoms with Crippen molar-refractivity contribution in [2.24, 2.45) is 0 Å². The SMILES string of the molecule is N=C=O.OCc1ccco1.c1ccc(Cc2ccccc2)cc1. The highest BCUT2D eigenvalue weighted by atomic mass is 16.4. The standard InChI is InChI=1S/C13H12.C5H6O2.CHNO/c1-3-7-12(8-4-1)11-13-9-5-2-6-10-13;6-4-5-2-1-3-7-5;2-1-3/h1-10H,11H2;1-3,6H,4H2;2H. The maximum absolute atomic E-state index is 8.35. The van der Waals surface area contributed by atoms with Crippen LogP contribution in [0.4, 0.5) is 0 Å². The van der Waals surface area contributed by atoms with E-state index in [1.165, 1.54) is 17.4 Å². The van der Waals surface area contributed by atoms with Crippen molar-refractivity contribution in [3.63, 3.8) is 0 Å². The summed E-state index contributed by atoms with van der Waals surface area (Å²) in [5, 5.41) is 13.7. The Morgan fingerprint density at radius 1 is 0.870 bits per heavy atom. The third-order valence-corrected chi connectivity index (χ3v) is 2.83. The maximum atomic E-state index is 8.35. The van der Waals surface area contributed by atoms with Crippen LogP contribution in [0.15, 0.2) is 83.5 Å². The average molecular weight is 309 g/mol. The Morgan fingerprint density at radius 3 is 1.65 bits per heavy atom. The van der Waals surface area contributed by atoms with Gasteiger partial charge in [-0.25, -0.2) is 10.2 Å². The van der Waals surface area contributed by atoms with Crippen LogP contribution in [-0.2, 0) is 17.8 Å². The lowest BCUT2D eigenvalue weighted by molar-refractivity contribution is 0.247. The summed E-state index contributed by atoms with van der Waals surface area (Å²) in [6, 6.07) is 24.5. The number of hydrogen-bond acceptors (Lipinski definition) is 4. The first-order valence-corrected chi connectivity index (χ1v) is 7.05. The van der Waals surface area contributed by atoms with Crippen molar-refractivity contribution in [2.45, 2.75) is 13.0 Å². The van der Waals surface area contributed by atoms with Gasteiger partial charge in [0.25, 0.3) is 0 Å². The molecule has 3 aromatic rings. The summed E-state index contributed by atoms with van der Waals surface area (Å²) in [7, 11) is 0. The molecular formula is C19H19NO3. The van der Waals surface area contributed by atoms with Gasteiger partial charge in [-0.1, -0.05) is 60.7 Å². The number of aliphatic hydroxyl groups is 1. The predicted molar refractivity (Wildman–Crippen MR) is 88.7 cm³/mol. The van der Waals surface area contributed by atoms with Crippen molar-refractivity contribution in [1.82, 2.24) is 0 Å². The molecule has 0 aliphatic rings. The fourth-order valence-electron chi connectivity index (χ4n) is 1.83. The number of benzene rings is 2. The Balaban J connectivity index is 0.000000223. The summed E-state index contributed by atoms with van der Waals surface area (Å²) in [6.07, 6.45) is 3.31. The van der Waals surface area contributed by atoms with Gasteiger partial charge in [0.15, 0.2) is 0 Å². The van der Waals surface area contributed by atoms with Crippen molar-refractivity contribution < 1.29 is 14.3 Å². The van der Waals surface area contributed by atoms with Crippen LogP contribution in [-0.4, -0.2) is 11.2 Å². The van der Waals surface area contributed by atoms with E-state index in [0.717, 1.165) is 12.5 Å². The smallest absolute Gasteiger partial charge is 0.231 e. The Morgan fingerprint density at radius 2 is 1.35 bits per heavy atom. The Bertz CT molecular complexity index is 621. The first-order chi connectivity index (χ1) is 11.3. The second kappa shape index (κ2) is 11.7. The molecule has 0 spiro atoms. The molecule has 4 heteroatoms. The number of furan rings is 1. The minimum atomic E-state index is -0.00694. The third-order valence-electron chi connectivity index (χ3n) is 2.83. The van der Waals surface area contributed by atoms with Crippen LogP contribution in [0.1, 0.15) is 16.9 Å². The topological polar surface area (TPSA) is 74.3 Å². The normalized spacial score (nSPS) is 8.74. The summed E-state index contributed by atoms with van der Waals surface area (Å²) in [6.45, 7) is -0.00694. The van der Waals surface area contributed by atoms with Gasteiger partial charge < -0.3 is 9.52 Å². The molecule has 0 fully saturated rings. The van der Waals surface area contributed by atoms with E-state index in [4.69, 9.17) is 19.7 Å². The largest absolute Gasteiger partial charge is 0.467 e. The molecule has 0 aliphatic carbocycles. The van der Waals surface area contributed by atoms with Crippen LogP contribution >= 0.6 is 0 Å². The molecule has 2 aromatic carbocycles. The quantitative estimate of drug-likeness (QED) is 0.568. The van der Waals surface area contributed by atoms with E-state index < -0.39 is 0 Å². The predicted octanol–water partition coefficient (Wildman–Crippen LogP) is 3.95. The Kier molecular flexibility index (Phi) is 9.21. The first-order valence-electron chi connectivity index (χ1n) is 7.05. The van der Waals surface area contributed by atoms with Crippen molar-refractivity contribution in [2.75, 3.05) is 0 Å². The zero-order valence-electron chi connectivity index (χ0n) is 12.7. The molecule has 118 valence electrons. The van der Waals surface area contributed by atoms with Crippen LogP contribution in [0.5, 0.6) is 0 Å². The van der Waals surface area contributed by atoms with Crippen LogP contribution in [0.3, 0.4) is 0 Å². The van der Waals surface area contributed by atoms with E-state index in [-0.39, 0.29) is 6.61 Å². The summed E-state index contributed by atoms with van der Waals surface area (Å²) < 4.78 is 4.73. The molecule has 4 nitrogen and oxygen atoms in total. The fourth-order valence-corrected chi connectivity index (χ4v) is 1.83. The molecule has 0 aliphatic heterocycles. The van der Waals surface area contributed by atoms with E-state index in [1.54, 1.807) is 12.1 Å². The van der Waals surface area contributed by atoms with E-state index in [0.29, 0.717) is 5.76 Å². The van der Waals surface area contributed by atoms with E-state index in [2.05, 4.69) is 60.7 Å². The average Bonchev–Trinajstić information content (AvgIpc) is 3.12. The van der Waals surface area contributed by atoms with Crippen LogP contribution in [0.2, 0.25) is 0 Å². The molecule has 0 radical (unpaired) electrons. The number of rotatable bonds is 3. The van der Waals surface area contributed by atoms with Crippen molar-refractivity contribution in [3.8, 4) is 0 Å². The summed E-state index contributed by atoms with van der Waals surface area (Å²) in [5.41, 5.74) is 2.74. The number of carbonyl (C=O) groups excluding carboxylic acids is 1. The van der Waals surface area contributed by atoms with Crippen molar-refractivity contribution >= 4 is 6.08 Å². The number of hydrogen-bond donors (Lipinski definition) is 2. The zero-order chi connectivity index (χ0) is 16.8. The second-order valence-electron chi connectivity index (χ2n) is 4.49. The van der Waals surface area contributed by atoms with Gasteiger partial charge in [-0.3, -0.25) is 0 Å². The molecule has 0 saturated carbocycles. The Labute approximate surface area is 135 Å². The lowest BCUT2D eigenvalue weighted by Crippen LogP contribution is -1.85. The van der Waals surface area contributed by atoms with Crippen LogP contribution in [0, 0.1) is 5.41 Å². The molecule has 3 rings (SSSR count). The molecule has 1 heterocycles. The van der Waals surface area contributed by atoms with Gasteiger partial charge >= 0.3 is 0 Å². The molecule has 2 N–H and O–H groups in total. The van der Waals surface area contributed by atoms with Gasteiger partial charge in [-0.05, 0) is 29.7 Å². The lowest BCUT2D eigenvalue weighted by Gasteiger charge is -2.00. The second-order valence-corrected chi connectivity index (χ2v) is 4.49. The molecule has 0 saturated heterocycles. The van der Waals surface area contributed by atoms with Gasteiger partial charge in [0.2, 0.25) is 6.08 Å². The first kappa shape index (κ1) is 18.1. The zero-order valence-corrected chi connectivity index (χ0v) is 12.7. The van der Waals surface area contributed by atoms with E-state index >= 15 is 0 Å². The molecule has 23 heavy (non-hydrogen) atoms. The van der Waals surface area contributed by atoms with Crippen LogP contribution in [0.25, 0.3) is 0 Å². The summed E-state index contributed by atoms with van der Waals surface area (Å²) in [5.74, 6) is 0.611. The lowest BCUT2D eigenvalue weighted by atomic mass is 10.1. The molecule has 0 amide bonds. The van der Waals surface area contributed by atoms with Gasteiger partial charge in [0.1, 0.15) is 12.4 Å². The van der Waals surface area contributed by atoms with Crippen molar-refractivity contribution in [3.05, 3.63) is 95.9 Å². The molecule has 0 atom stereocenters. The molecule has 0 unspecified atom stereocenters.